The van der Waals surface area contributed by atoms with E-state index >= 15 is 0 Å². The first-order valence-electron chi connectivity index (χ1n) is 6.19. The van der Waals surface area contributed by atoms with E-state index in [0.717, 1.165) is 18.4 Å². The van der Waals surface area contributed by atoms with Crippen LogP contribution in [0.15, 0.2) is 24.3 Å². The van der Waals surface area contributed by atoms with E-state index in [1.807, 2.05) is 38.1 Å². The highest BCUT2D eigenvalue weighted by Gasteiger charge is 2.29. The van der Waals surface area contributed by atoms with Gasteiger partial charge in [0.05, 0.1) is 5.54 Å². The Morgan fingerprint density at radius 1 is 1.50 bits per heavy atom. The number of nitrogens with one attached hydrogen (secondary N) is 1. The van der Waals surface area contributed by atoms with E-state index in [4.69, 9.17) is 16.3 Å². The highest BCUT2D eigenvalue weighted by atomic mass is 35.5. The summed E-state index contributed by atoms with van der Waals surface area (Å²) in [6.07, 6.45) is 1.45. The molecule has 1 aromatic rings. The van der Waals surface area contributed by atoms with Gasteiger partial charge in [0, 0.05) is 11.6 Å². The molecule has 1 aromatic carbocycles. The zero-order valence-electron chi connectivity index (χ0n) is 10.7. The molecule has 2 rings (SSSR count). The van der Waals surface area contributed by atoms with Gasteiger partial charge in [-0.3, -0.25) is 4.79 Å². The fourth-order valence-corrected chi connectivity index (χ4v) is 2.31. The summed E-state index contributed by atoms with van der Waals surface area (Å²) in [5.74, 6) is -0.0440. The number of ether oxygens (including phenoxy) is 1. The highest BCUT2D eigenvalue weighted by Crippen LogP contribution is 2.24. The topological polar surface area (TPSA) is 38.3 Å². The van der Waals surface area contributed by atoms with Crippen molar-refractivity contribution in [2.45, 2.75) is 38.3 Å². The van der Waals surface area contributed by atoms with E-state index in [1.165, 1.54) is 0 Å². The van der Waals surface area contributed by atoms with Crippen LogP contribution in [0, 0.1) is 0 Å². The van der Waals surface area contributed by atoms with Gasteiger partial charge in [-0.25, -0.2) is 0 Å². The van der Waals surface area contributed by atoms with Crippen LogP contribution in [0.5, 0.6) is 0 Å². The second-order valence-electron chi connectivity index (χ2n) is 5.13. The molecular weight excluding hydrogens is 250 g/mol. The van der Waals surface area contributed by atoms with E-state index in [0.29, 0.717) is 11.6 Å². The number of amides is 1. The van der Waals surface area contributed by atoms with Crippen molar-refractivity contribution in [3.8, 4) is 0 Å². The monoisotopic (exact) mass is 267 g/mol. The number of rotatable bonds is 3. The summed E-state index contributed by atoms with van der Waals surface area (Å²) < 4.78 is 5.38. The third-order valence-electron chi connectivity index (χ3n) is 3.20. The van der Waals surface area contributed by atoms with Crippen molar-refractivity contribution >= 4 is 17.5 Å². The van der Waals surface area contributed by atoms with Crippen molar-refractivity contribution in [3.05, 3.63) is 34.9 Å². The summed E-state index contributed by atoms with van der Waals surface area (Å²) in [5.41, 5.74) is 0.537. The first kappa shape index (κ1) is 13.4. The molecule has 98 valence electrons. The van der Waals surface area contributed by atoms with Gasteiger partial charge < -0.3 is 10.1 Å². The van der Waals surface area contributed by atoms with Gasteiger partial charge in [-0.1, -0.05) is 23.7 Å². The molecule has 18 heavy (non-hydrogen) atoms. The van der Waals surface area contributed by atoms with Gasteiger partial charge in [-0.15, -0.1) is 0 Å². The van der Waals surface area contributed by atoms with Gasteiger partial charge in [-0.2, -0.15) is 0 Å². The Hall–Kier alpha value is -1.06. The summed E-state index contributed by atoms with van der Waals surface area (Å²) in [5, 5.41) is 3.69. The molecule has 1 aliphatic rings. The molecule has 4 heteroatoms. The smallest absolute Gasteiger partial charge is 0.249 e. The first-order valence-corrected chi connectivity index (χ1v) is 6.56. The molecule has 1 N–H and O–H groups in total. The molecule has 0 bridgehead atoms. The zero-order valence-corrected chi connectivity index (χ0v) is 11.5. The molecule has 0 saturated carbocycles. The van der Waals surface area contributed by atoms with E-state index in [1.54, 1.807) is 0 Å². The van der Waals surface area contributed by atoms with Crippen LogP contribution < -0.4 is 5.32 Å². The Labute approximate surface area is 112 Å². The van der Waals surface area contributed by atoms with Crippen molar-refractivity contribution in [1.29, 1.82) is 0 Å². The summed E-state index contributed by atoms with van der Waals surface area (Å²) in [6, 6.07) is 7.54. The Balaban J connectivity index is 2.08. The molecular formula is C14H18ClNO2. The Bertz CT molecular complexity index is 439. The average Bonchev–Trinajstić information content (AvgIpc) is 2.82. The second-order valence-corrected chi connectivity index (χ2v) is 5.56. The predicted octanol–water partition coefficient (Wildman–Crippen LogP) is 2.87. The van der Waals surface area contributed by atoms with Gasteiger partial charge in [0.2, 0.25) is 5.91 Å². The molecule has 1 atom stereocenters. The van der Waals surface area contributed by atoms with Crippen molar-refractivity contribution in [2.75, 3.05) is 6.61 Å². The number of hydrogen-bond acceptors (Lipinski definition) is 2. The minimum Gasteiger partial charge on any atom is -0.368 e. The molecule has 1 unspecified atom stereocenters. The molecule has 1 fully saturated rings. The summed E-state index contributed by atoms with van der Waals surface area (Å²) >= 11 is 5.98. The van der Waals surface area contributed by atoms with Crippen LogP contribution in [0.1, 0.15) is 32.3 Å². The SMILES string of the molecule is CC(C)(NC(=O)C1CCCO1)c1cccc(Cl)c1. The number of carbonyl (C=O) groups excluding carboxylic acids is 1. The van der Waals surface area contributed by atoms with E-state index in [-0.39, 0.29) is 12.0 Å². The molecule has 1 saturated heterocycles. The summed E-state index contributed by atoms with van der Waals surface area (Å²) in [7, 11) is 0. The lowest BCUT2D eigenvalue weighted by molar-refractivity contribution is -0.131. The van der Waals surface area contributed by atoms with Crippen LogP contribution in [0.25, 0.3) is 0 Å². The fourth-order valence-electron chi connectivity index (χ4n) is 2.12. The largest absolute Gasteiger partial charge is 0.368 e. The molecule has 1 aliphatic heterocycles. The molecule has 1 heterocycles. The van der Waals surface area contributed by atoms with E-state index < -0.39 is 5.54 Å². The predicted molar refractivity (Wildman–Crippen MR) is 71.6 cm³/mol. The second kappa shape index (κ2) is 5.29. The average molecular weight is 268 g/mol. The molecule has 0 aromatic heterocycles. The number of halogens is 1. The lowest BCUT2D eigenvalue weighted by atomic mass is 9.94. The van der Waals surface area contributed by atoms with Crippen LogP contribution >= 0.6 is 11.6 Å². The van der Waals surface area contributed by atoms with E-state index in [9.17, 15) is 4.79 Å². The Morgan fingerprint density at radius 2 is 2.28 bits per heavy atom. The van der Waals surface area contributed by atoms with Crippen LogP contribution in [0.4, 0.5) is 0 Å². The molecule has 3 nitrogen and oxygen atoms in total. The zero-order chi connectivity index (χ0) is 13.2. The maximum absolute atomic E-state index is 12.1. The summed E-state index contributed by atoms with van der Waals surface area (Å²) in [4.78, 5) is 12.1. The minimum absolute atomic E-state index is 0.0440. The van der Waals surface area contributed by atoms with Crippen LogP contribution in [-0.2, 0) is 15.1 Å². The van der Waals surface area contributed by atoms with Crippen molar-refractivity contribution in [2.24, 2.45) is 0 Å². The van der Waals surface area contributed by atoms with Crippen molar-refractivity contribution in [1.82, 2.24) is 5.32 Å². The third-order valence-corrected chi connectivity index (χ3v) is 3.44. The maximum atomic E-state index is 12.1. The van der Waals surface area contributed by atoms with Gasteiger partial charge in [-0.05, 0) is 44.4 Å². The van der Waals surface area contributed by atoms with Crippen LogP contribution in [0.3, 0.4) is 0 Å². The lowest BCUT2D eigenvalue weighted by Gasteiger charge is -2.28. The van der Waals surface area contributed by atoms with Crippen LogP contribution in [0.2, 0.25) is 5.02 Å². The lowest BCUT2D eigenvalue weighted by Crippen LogP contribution is -2.45. The Morgan fingerprint density at radius 3 is 2.89 bits per heavy atom. The number of benzene rings is 1. The fraction of sp³-hybridized carbons (Fsp3) is 0.500. The Kier molecular flexibility index (Phi) is 3.93. The first-order chi connectivity index (χ1) is 8.49. The van der Waals surface area contributed by atoms with Crippen molar-refractivity contribution in [3.63, 3.8) is 0 Å². The maximum Gasteiger partial charge on any atom is 0.249 e. The molecule has 0 radical (unpaired) electrons. The minimum atomic E-state index is -0.450. The highest BCUT2D eigenvalue weighted by molar-refractivity contribution is 6.30. The molecule has 1 amide bonds. The molecule has 0 aliphatic carbocycles. The van der Waals surface area contributed by atoms with Crippen molar-refractivity contribution < 1.29 is 9.53 Å². The van der Waals surface area contributed by atoms with Gasteiger partial charge in [0.1, 0.15) is 6.10 Å². The molecule has 0 spiro atoms. The van der Waals surface area contributed by atoms with Gasteiger partial charge >= 0.3 is 0 Å². The quantitative estimate of drug-likeness (QED) is 0.915. The van der Waals surface area contributed by atoms with Gasteiger partial charge in [0.15, 0.2) is 0 Å². The number of hydrogen-bond donors (Lipinski definition) is 1. The van der Waals surface area contributed by atoms with Gasteiger partial charge in [0.25, 0.3) is 0 Å². The van der Waals surface area contributed by atoms with Crippen LogP contribution in [-0.4, -0.2) is 18.6 Å². The normalized spacial score (nSPS) is 19.8. The summed E-state index contributed by atoms with van der Waals surface area (Å²) in [6.45, 7) is 4.60. The number of carbonyl (C=O) groups is 1. The van der Waals surface area contributed by atoms with E-state index in [2.05, 4.69) is 5.32 Å². The third kappa shape index (κ3) is 3.03. The standard InChI is InChI=1S/C14H18ClNO2/c1-14(2,10-5-3-6-11(15)9-10)16-13(17)12-7-4-8-18-12/h3,5-6,9,12H,4,7-8H2,1-2H3,(H,16,17).